The number of anilines is 3. The number of primary amides is 1. The number of amides is 1. The maximum absolute atomic E-state index is 14.6. The summed E-state index contributed by atoms with van der Waals surface area (Å²) in [5, 5.41) is 6.12. The predicted octanol–water partition coefficient (Wildman–Crippen LogP) is 3.40. The number of halogens is 1. The van der Waals surface area contributed by atoms with Gasteiger partial charge in [0.1, 0.15) is 5.82 Å². The van der Waals surface area contributed by atoms with Crippen LogP contribution in [-0.2, 0) is 0 Å². The highest BCUT2D eigenvalue weighted by molar-refractivity contribution is 5.98. The van der Waals surface area contributed by atoms with Gasteiger partial charge in [-0.05, 0) is 31.0 Å². The van der Waals surface area contributed by atoms with Crippen molar-refractivity contribution in [3.05, 3.63) is 54.5 Å². The Hall–Kier alpha value is -3.46. The first kappa shape index (κ1) is 19.8. The quantitative estimate of drug-likeness (QED) is 0.489. The fraction of sp³-hybridized carbons (Fsp3) is 0.286. The summed E-state index contributed by atoms with van der Waals surface area (Å²) in [7, 11) is 0. The zero-order valence-electron chi connectivity index (χ0n) is 16.3. The fourth-order valence-electron chi connectivity index (χ4n) is 3.62. The Morgan fingerprint density at radius 1 is 1.17 bits per heavy atom. The lowest BCUT2D eigenvalue weighted by atomic mass is 9.91. The molecule has 2 unspecified atom stereocenters. The van der Waals surface area contributed by atoms with Gasteiger partial charge in [-0.1, -0.05) is 12.8 Å². The van der Waals surface area contributed by atoms with Crippen LogP contribution in [0.1, 0.15) is 36.0 Å². The summed E-state index contributed by atoms with van der Waals surface area (Å²) in [4.78, 5) is 20.4. The number of nitrogens with two attached hydrogens (primary N) is 2. The van der Waals surface area contributed by atoms with Crippen molar-refractivity contribution in [2.24, 2.45) is 11.5 Å². The van der Waals surface area contributed by atoms with Crippen LogP contribution >= 0.6 is 0 Å². The summed E-state index contributed by atoms with van der Waals surface area (Å²) >= 11 is 0. The SMILES string of the molecule is NC(=O)c1cc(F)c(NC2CCCCC2N)nc1Nc1cncc(-c2ccoc2)c1. The molecule has 1 fully saturated rings. The second kappa shape index (κ2) is 8.50. The van der Waals surface area contributed by atoms with E-state index in [2.05, 4.69) is 20.6 Å². The molecule has 3 heterocycles. The van der Waals surface area contributed by atoms with Crippen LogP contribution < -0.4 is 22.1 Å². The van der Waals surface area contributed by atoms with Crippen LogP contribution in [0.2, 0.25) is 0 Å². The molecule has 8 nitrogen and oxygen atoms in total. The van der Waals surface area contributed by atoms with Gasteiger partial charge in [-0.2, -0.15) is 0 Å². The van der Waals surface area contributed by atoms with Crippen molar-refractivity contribution in [3.8, 4) is 11.1 Å². The van der Waals surface area contributed by atoms with E-state index >= 15 is 0 Å². The smallest absolute Gasteiger partial charge is 0.252 e. The maximum Gasteiger partial charge on any atom is 0.252 e. The van der Waals surface area contributed by atoms with Crippen molar-refractivity contribution in [3.63, 3.8) is 0 Å². The van der Waals surface area contributed by atoms with E-state index in [1.165, 1.54) is 0 Å². The van der Waals surface area contributed by atoms with Gasteiger partial charge in [-0.3, -0.25) is 9.78 Å². The normalized spacial score (nSPS) is 18.7. The van der Waals surface area contributed by atoms with E-state index < -0.39 is 11.7 Å². The van der Waals surface area contributed by atoms with Crippen molar-refractivity contribution < 1.29 is 13.6 Å². The Bertz CT molecular complexity index is 1040. The van der Waals surface area contributed by atoms with Crippen molar-refractivity contribution in [1.29, 1.82) is 0 Å². The van der Waals surface area contributed by atoms with E-state index in [-0.39, 0.29) is 29.3 Å². The molecule has 1 amide bonds. The maximum atomic E-state index is 14.6. The number of carbonyl (C=O) groups is 1. The van der Waals surface area contributed by atoms with E-state index in [0.29, 0.717) is 5.69 Å². The third kappa shape index (κ3) is 4.25. The van der Waals surface area contributed by atoms with Gasteiger partial charge in [-0.25, -0.2) is 9.37 Å². The molecule has 9 heteroatoms. The number of aromatic nitrogens is 2. The fourth-order valence-corrected chi connectivity index (χ4v) is 3.62. The van der Waals surface area contributed by atoms with Crippen LogP contribution in [0.25, 0.3) is 11.1 Å². The molecule has 1 aliphatic rings. The lowest BCUT2D eigenvalue weighted by Crippen LogP contribution is -2.43. The van der Waals surface area contributed by atoms with Crippen LogP contribution in [0.3, 0.4) is 0 Å². The number of hydrogen-bond donors (Lipinski definition) is 4. The van der Waals surface area contributed by atoms with Gasteiger partial charge in [0.2, 0.25) is 0 Å². The Labute approximate surface area is 172 Å². The minimum atomic E-state index is -0.788. The zero-order chi connectivity index (χ0) is 21.1. The summed E-state index contributed by atoms with van der Waals surface area (Å²) in [5.74, 6) is -1.27. The first-order valence-corrected chi connectivity index (χ1v) is 9.78. The molecule has 2 atom stereocenters. The lowest BCUT2D eigenvalue weighted by molar-refractivity contribution is 0.100. The van der Waals surface area contributed by atoms with Crippen LogP contribution in [0.4, 0.5) is 21.7 Å². The Kier molecular flexibility index (Phi) is 5.62. The third-order valence-corrected chi connectivity index (χ3v) is 5.24. The number of pyridine rings is 2. The monoisotopic (exact) mass is 410 g/mol. The van der Waals surface area contributed by atoms with Crippen molar-refractivity contribution in [1.82, 2.24) is 9.97 Å². The number of hydrogen-bond acceptors (Lipinski definition) is 7. The largest absolute Gasteiger partial charge is 0.472 e. The molecular weight excluding hydrogens is 387 g/mol. The van der Waals surface area contributed by atoms with Gasteiger partial charge >= 0.3 is 0 Å². The predicted molar refractivity (Wildman–Crippen MR) is 112 cm³/mol. The number of rotatable bonds is 6. The number of carbonyl (C=O) groups excluding carboxylic acids is 1. The van der Waals surface area contributed by atoms with Crippen LogP contribution in [0.5, 0.6) is 0 Å². The molecule has 0 saturated heterocycles. The second-order valence-corrected chi connectivity index (χ2v) is 7.38. The lowest BCUT2D eigenvalue weighted by Gasteiger charge is -2.30. The molecule has 1 aliphatic carbocycles. The summed E-state index contributed by atoms with van der Waals surface area (Å²) < 4.78 is 19.7. The van der Waals surface area contributed by atoms with Crippen molar-refractivity contribution in [2.45, 2.75) is 37.8 Å². The molecule has 30 heavy (non-hydrogen) atoms. The minimum Gasteiger partial charge on any atom is -0.472 e. The molecule has 1 saturated carbocycles. The molecule has 4 rings (SSSR count). The Morgan fingerprint density at radius 3 is 2.73 bits per heavy atom. The standard InChI is InChI=1S/C21H23FN6O2/c22-16-8-15(19(24)29)20(28-21(16)27-18-4-2-1-3-17(18)23)26-14-7-13(9-25-10-14)12-5-6-30-11-12/h5-11,17-18H,1-4,23H2,(H2,24,29)(H2,26,27,28). The van der Waals surface area contributed by atoms with Gasteiger partial charge in [0.15, 0.2) is 11.6 Å². The topological polar surface area (TPSA) is 132 Å². The van der Waals surface area contributed by atoms with Gasteiger partial charge in [-0.15, -0.1) is 0 Å². The zero-order valence-corrected chi connectivity index (χ0v) is 16.3. The summed E-state index contributed by atoms with van der Waals surface area (Å²) in [5.41, 5.74) is 13.8. The third-order valence-electron chi connectivity index (χ3n) is 5.24. The molecule has 0 bridgehead atoms. The molecule has 6 N–H and O–H groups in total. The van der Waals surface area contributed by atoms with E-state index in [4.69, 9.17) is 15.9 Å². The number of nitrogens with zero attached hydrogens (tertiary/aromatic N) is 2. The van der Waals surface area contributed by atoms with Crippen LogP contribution in [0.15, 0.2) is 47.5 Å². The van der Waals surface area contributed by atoms with E-state index in [0.717, 1.165) is 42.9 Å². The van der Waals surface area contributed by atoms with Gasteiger partial charge in [0.25, 0.3) is 5.91 Å². The van der Waals surface area contributed by atoms with Crippen LogP contribution in [0, 0.1) is 5.82 Å². The van der Waals surface area contributed by atoms with E-state index in [9.17, 15) is 9.18 Å². The Balaban J connectivity index is 1.64. The molecule has 0 aromatic carbocycles. The molecule has 0 radical (unpaired) electrons. The summed E-state index contributed by atoms with van der Waals surface area (Å²) in [6.07, 6.45) is 10.2. The molecule has 156 valence electrons. The Morgan fingerprint density at radius 2 is 2.00 bits per heavy atom. The molecule has 3 aromatic heterocycles. The summed E-state index contributed by atoms with van der Waals surface area (Å²) in [6.45, 7) is 0. The minimum absolute atomic E-state index is 0.0313. The van der Waals surface area contributed by atoms with Gasteiger partial charge in [0.05, 0.1) is 30.0 Å². The highest BCUT2D eigenvalue weighted by atomic mass is 19.1. The average Bonchev–Trinajstić information content (AvgIpc) is 3.27. The first-order chi connectivity index (χ1) is 14.5. The summed E-state index contributed by atoms with van der Waals surface area (Å²) in [6, 6.07) is 4.54. The average molecular weight is 410 g/mol. The number of furan rings is 1. The van der Waals surface area contributed by atoms with Gasteiger partial charge in [0, 0.05) is 29.4 Å². The highest BCUT2D eigenvalue weighted by Gasteiger charge is 2.24. The second-order valence-electron chi connectivity index (χ2n) is 7.38. The van der Waals surface area contributed by atoms with E-state index in [1.807, 2.05) is 6.07 Å². The van der Waals surface area contributed by atoms with E-state index in [1.54, 1.807) is 31.0 Å². The molecule has 0 spiro atoms. The van der Waals surface area contributed by atoms with Crippen LogP contribution in [-0.4, -0.2) is 28.0 Å². The molecular formula is C21H23FN6O2. The first-order valence-electron chi connectivity index (χ1n) is 9.78. The van der Waals surface area contributed by atoms with Gasteiger partial charge < -0.3 is 26.5 Å². The van der Waals surface area contributed by atoms with Crippen molar-refractivity contribution >= 4 is 23.2 Å². The highest BCUT2D eigenvalue weighted by Crippen LogP contribution is 2.28. The number of nitrogens with one attached hydrogen (secondary N) is 2. The molecule has 3 aromatic rings. The van der Waals surface area contributed by atoms with Crippen molar-refractivity contribution in [2.75, 3.05) is 10.6 Å². The molecule has 0 aliphatic heterocycles.